The second-order valence-corrected chi connectivity index (χ2v) is 5.63. The second-order valence-electron chi connectivity index (χ2n) is 5.63. The highest BCUT2D eigenvalue weighted by Crippen LogP contribution is 2.32. The zero-order valence-corrected chi connectivity index (χ0v) is 11.9. The van der Waals surface area contributed by atoms with Crippen LogP contribution in [0.1, 0.15) is 46.6 Å². The van der Waals surface area contributed by atoms with Gasteiger partial charge in [-0.2, -0.15) is 0 Å². The van der Waals surface area contributed by atoms with Crippen LogP contribution in [0.4, 0.5) is 0 Å². The van der Waals surface area contributed by atoms with E-state index in [2.05, 4.69) is 20.8 Å². The molecule has 0 saturated carbocycles. The van der Waals surface area contributed by atoms with Crippen molar-refractivity contribution in [2.75, 3.05) is 0 Å². The average molecular weight is 238 g/mol. The Morgan fingerprint density at radius 3 is 1.59 bits per heavy atom. The van der Waals surface area contributed by atoms with Crippen LogP contribution in [0.2, 0.25) is 0 Å². The van der Waals surface area contributed by atoms with E-state index >= 15 is 0 Å². The Balaban J connectivity index is 0.000000302. The van der Waals surface area contributed by atoms with Gasteiger partial charge in [0, 0.05) is 0 Å². The van der Waals surface area contributed by atoms with Gasteiger partial charge in [-0.1, -0.05) is 38.5 Å². The number of benzene rings is 1. The molecule has 2 nitrogen and oxygen atoms in total. The summed E-state index contributed by atoms with van der Waals surface area (Å²) in [6.45, 7) is 11.9. The number of aliphatic hydroxyl groups is 1. The molecule has 0 bridgehead atoms. The van der Waals surface area contributed by atoms with Crippen molar-refractivity contribution >= 4 is 0 Å². The first-order chi connectivity index (χ1) is 7.60. The van der Waals surface area contributed by atoms with Crippen molar-refractivity contribution in [2.45, 2.75) is 53.6 Å². The van der Waals surface area contributed by atoms with E-state index in [4.69, 9.17) is 5.11 Å². The summed E-state index contributed by atoms with van der Waals surface area (Å²) in [5.41, 5.74) is 0.650. The van der Waals surface area contributed by atoms with E-state index in [0.29, 0.717) is 5.75 Å². The molecule has 0 saturated heterocycles. The molecule has 0 unspecified atom stereocenters. The zero-order valence-electron chi connectivity index (χ0n) is 11.9. The number of aryl methyl sites for hydroxylation is 1. The molecular weight excluding hydrogens is 212 g/mol. The molecule has 1 aromatic carbocycles. The summed E-state index contributed by atoms with van der Waals surface area (Å²) in [7, 11) is 0. The summed E-state index contributed by atoms with van der Waals surface area (Å²) in [6.07, 6.45) is 1.01. The Kier molecular flexibility index (Phi) is 5.70. The van der Waals surface area contributed by atoms with Gasteiger partial charge < -0.3 is 10.2 Å². The van der Waals surface area contributed by atoms with Gasteiger partial charge in [-0.15, -0.1) is 0 Å². The lowest BCUT2D eigenvalue weighted by molar-refractivity contribution is -0.0366. The third kappa shape index (κ3) is 5.73. The Morgan fingerprint density at radius 2 is 1.41 bits per heavy atom. The number of aromatic hydroxyl groups is 1. The lowest BCUT2D eigenvalue weighted by Gasteiger charge is -2.36. The van der Waals surface area contributed by atoms with Gasteiger partial charge in [-0.05, 0) is 44.7 Å². The van der Waals surface area contributed by atoms with Crippen LogP contribution in [0.15, 0.2) is 24.3 Å². The highest BCUT2D eigenvalue weighted by atomic mass is 16.3. The van der Waals surface area contributed by atoms with E-state index in [1.807, 2.05) is 32.9 Å². The van der Waals surface area contributed by atoms with Crippen LogP contribution in [-0.2, 0) is 0 Å². The van der Waals surface area contributed by atoms with Crippen LogP contribution in [-0.4, -0.2) is 15.8 Å². The Bertz CT molecular complexity index is 297. The predicted octanol–water partition coefficient (Wildman–Crippen LogP) is 3.89. The van der Waals surface area contributed by atoms with Crippen molar-refractivity contribution in [1.82, 2.24) is 0 Å². The average Bonchev–Trinajstić information content (AvgIpc) is 2.22. The van der Waals surface area contributed by atoms with Gasteiger partial charge in [-0.3, -0.25) is 0 Å². The number of rotatable bonds is 2. The van der Waals surface area contributed by atoms with Crippen LogP contribution in [0.25, 0.3) is 0 Å². The lowest BCUT2D eigenvalue weighted by atomic mass is 9.75. The van der Waals surface area contributed by atoms with Crippen LogP contribution in [0.3, 0.4) is 0 Å². The Labute approximate surface area is 105 Å². The summed E-state index contributed by atoms with van der Waals surface area (Å²) >= 11 is 0. The first-order valence-corrected chi connectivity index (χ1v) is 6.08. The predicted molar refractivity (Wildman–Crippen MR) is 73.2 cm³/mol. The fourth-order valence-corrected chi connectivity index (χ4v) is 0.977. The molecule has 0 fully saturated rings. The molecule has 0 atom stereocenters. The van der Waals surface area contributed by atoms with E-state index < -0.39 is 5.60 Å². The molecule has 17 heavy (non-hydrogen) atoms. The van der Waals surface area contributed by atoms with E-state index in [1.165, 1.54) is 5.56 Å². The van der Waals surface area contributed by atoms with Gasteiger partial charge in [0.25, 0.3) is 0 Å². The van der Waals surface area contributed by atoms with Gasteiger partial charge in [0.15, 0.2) is 0 Å². The molecule has 1 aromatic rings. The maximum Gasteiger partial charge on any atom is 0.115 e. The topological polar surface area (TPSA) is 40.5 Å². The minimum absolute atomic E-state index is 0.0347. The third-order valence-electron chi connectivity index (χ3n) is 3.57. The molecule has 2 N–H and O–H groups in total. The fraction of sp³-hybridized carbons (Fsp3) is 0.600. The molecule has 0 aromatic heterocycles. The Hall–Kier alpha value is -1.02. The monoisotopic (exact) mass is 238 g/mol. The molecule has 0 aliphatic carbocycles. The summed E-state index contributed by atoms with van der Waals surface area (Å²) in [6, 6.07) is 7.09. The minimum atomic E-state index is -0.554. The third-order valence-corrected chi connectivity index (χ3v) is 3.57. The maximum atomic E-state index is 9.55. The minimum Gasteiger partial charge on any atom is -0.508 e. The standard InChI is InChI=1S/C8H18O.C7H8O/c1-6-7(2,3)8(4,5)9;1-6-2-4-7(8)5-3-6/h9H,6H2,1-5H3;2-5,8H,1H3. The highest BCUT2D eigenvalue weighted by Gasteiger charge is 2.32. The SMILES string of the molecule is CCC(C)(C)C(C)(C)O.Cc1ccc(O)cc1. The number of phenolic OH excluding ortho intramolecular Hbond substituents is 1. The maximum absolute atomic E-state index is 9.55. The van der Waals surface area contributed by atoms with Crippen molar-refractivity contribution in [2.24, 2.45) is 5.41 Å². The van der Waals surface area contributed by atoms with Crippen LogP contribution in [0, 0.1) is 12.3 Å². The van der Waals surface area contributed by atoms with E-state index in [9.17, 15) is 5.11 Å². The van der Waals surface area contributed by atoms with Gasteiger partial charge >= 0.3 is 0 Å². The molecular formula is C15H26O2. The molecule has 0 amide bonds. The van der Waals surface area contributed by atoms with Crippen LogP contribution < -0.4 is 0 Å². The molecule has 0 spiro atoms. The van der Waals surface area contributed by atoms with E-state index in [-0.39, 0.29) is 5.41 Å². The molecule has 98 valence electrons. The molecule has 2 heteroatoms. The van der Waals surface area contributed by atoms with Crippen molar-refractivity contribution in [3.05, 3.63) is 29.8 Å². The molecule has 0 aliphatic heterocycles. The number of hydrogen-bond acceptors (Lipinski definition) is 2. The first-order valence-electron chi connectivity index (χ1n) is 6.08. The molecule has 0 heterocycles. The number of phenols is 1. The summed E-state index contributed by atoms with van der Waals surface area (Å²) in [5.74, 6) is 0.329. The van der Waals surface area contributed by atoms with Crippen molar-refractivity contribution < 1.29 is 10.2 Å². The molecule has 1 rings (SSSR count). The normalized spacial score (nSPS) is 11.7. The van der Waals surface area contributed by atoms with E-state index in [0.717, 1.165) is 6.42 Å². The lowest BCUT2D eigenvalue weighted by Crippen LogP contribution is -2.38. The number of hydrogen-bond donors (Lipinski definition) is 2. The van der Waals surface area contributed by atoms with Crippen LogP contribution in [0.5, 0.6) is 5.75 Å². The van der Waals surface area contributed by atoms with Gasteiger partial charge in [0.2, 0.25) is 0 Å². The zero-order chi connectivity index (χ0) is 13.7. The molecule has 0 aliphatic rings. The highest BCUT2D eigenvalue weighted by molar-refractivity contribution is 5.24. The first kappa shape index (κ1) is 16.0. The fourth-order valence-electron chi connectivity index (χ4n) is 0.977. The summed E-state index contributed by atoms with van der Waals surface area (Å²) in [4.78, 5) is 0. The van der Waals surface area contributed by atoms with Gasteiger partial charge in [-0.25, -0.2) is 0 Å². The van der Waals surface area contributed by atoms with Crippen molar-refractivity contribution in [3.8, 4) is 5.75 Å². The Morgan fingerprint density at radius 1 is 1.00 bits per heavy atom. The quantitative estimate of drug-likeness (QED) is 0.820. The van der Waals surface area contributed by atoms with Gasteiger partial charge in [0.05, 0.1) is 5.60 Å². The van der Waals surface area contributed by atoms with Gasteiger partial charge in [0.1, 0.15) is 5.75 Å². The van der Waals surface area contributed by atoms with Crippen molar-refractivity contribution in [3.63, 3.8) is 0 Å². The largest absolute Gasteiger partial charge is 0.508 e. The van der Waals surface area contributed by atoms with E-state index in [1.54, 1.807) is 12.1 Å². The van der Waals surface area contributed by atoms with Crippen LogP contribution >= 0.6 is 0 Å². The second kappa shape index (κ2) is 6.06. The summed E-state index contributed by atoms with van der Waals surface area (Å²) in [5, 5.41) is 18.3. The smallest absolute Gasteiger partial charge is 0.115 e. The summed E-state index contributed by atoms with van der Waals surface area (Å²) < 4.78 is 0. The van der Waals surface area contributed by atoms with Crippen molar-refractivity contribution in [1.29, 1.82) is 0 Å². The molecule has 0 radical (unpaired) electrons.